The smallest absolute Gasteiger partial charge is 0.306 e. The van der Waals surface area contributed by atoms with Crippen molar-refractivity contribution >= 4 is 5.97 Å². The molecule has 2 rings (SSSR count). The van der Waals surface area contributed by atoms with E-state index in [2.05, 4.69) is 12.2 Å². The second-order valence-corrected chi connectivity index (χ2v) is 5.64. The summed E-state index contributed by atoms with van der Waals surface area (Å²) in [7, 11) is 0. The quantitative estimate of drug-likeness (QED) is 0.771. The van der Waals surface area contributed by atoms with Gasteiger partial charge >= 0.3 is 5.97 Å². The third kappa shape index (κ3) is 4.63. The van der Waals surface area contributed by atoms with E-state index in [1.54, 1.807) is 6.92 Å². The fourth-order valence-corrected chi connectivity index (χ4v) is 2.30. The van der Waals surface area contributed by atoms with Crippen LogP contribution in [0.4, 0.5) is 0 Å². The largest absolute Gasteiger partial charge is 0.481 e. The van der Waals surface area contributed by atoms with Crippen LogP contribution < -0.4 is 14.8 Å². The molecule has 5 heteroatoms. The molecule has 1 heterocycles. The van der Waals surface area contributed by atoms with Crippen LogP contribution in [0, 0.1) is 5.92 Å². The highest BCUT2D eigenvalue weighted by molar-refractivity contribution is 5.69. The van der Waals surface area contributed by atoms with Crippen molar-refractivity contribution in [1.29, 1.82) is 0 Å². The molecule has 2 N–H and O–H groups in total. The predicted octanol–water partition coefficient (Wildman–Crippen LogP) is 2.78. The third-order valence-corrected chi connectivity index (χ3v) is 3.79. The van der Waals surface area contributed by atoms with Gasteiger partial charge in [-0.25, -0.2) is 0 Å². The van der Waals surface area contributed by atoms with Gasteiger partial charge in [-0.1, -0.05) is 19.4 Å². The van der Waals surface area contributed by atoms with Crippen LogP contribution in [0.3, 0.4) is 0 Å². The molecule has 0 aromatic heterocycles. The van der Waals surface area contributed by atoms with E-state index in [1.165, 1.54) is 0 Å². The molecular formula is C16H23NO4. The molecule has 1 aliphatic heterocycles. The first-order valence-corrected chi connectivity index (χ1v) is 7.41. The van der Waals surface area contributed by atoms with Crippen LogP contribution in [0.15, 0.2) is 18.2 Å². The normalized spacial score (nSPS) is 15.7. The molecule has 2 unspecified atom stereocenters. The van der Waals surface area contributed by atoms with E-state index in [-0.39, 0.29) is 5.92 Å². The summed E-state index contributed by atoms with van der Waals surface area (Å²) >= 11 is 0. The molecule has 0 amide bonds. The van der Waals surface area contributed by atoms with E-state index in [0.29, 0.717) is 12.8 Å². The van der Waals surface area contributed by atoms with Crippen LogP contribution in [-0.2, 0) is 11.3 Å². The Kier molecular flexibility index (Phi) is 5.44. The molecule has 0 radical (unpaired) electrons. The van der Waals surface area contributed by atoms with Crippen molar-refractivity contribution in [2.24, 2.45) is 5.92 Å². The SMILES string of the molecule is CC(CCCC(C)C(=O)O)NCc1ccc2c(c1)OCO2. The average molecular weight is 293 g/mol. The van der Waals surface area contributed by atoms with Gasteiger partial charge in [0.25, 0.3) is 0 Å². The fourth-order valence-electron chi connectivity index (χ4n) is 2.30. The number of ether oxygens (including phenoxy) is 2. The Bertz CT molecular complexity index is 489. The molecule has 0 saturated heterocycles. The van der Waals surface area contributed by atoms with Crippen molar-refractivity contribution in [3.63, 3.8) is 0 Å². The van der Waals surface area contributed by atoms with E-state index in [9.17, 15) is 4.79 Å². The van der Waals surface area contributed by atoms with Crippen molar-refractivity contribution in [3.8, 4) is 11.5 Å². The van der Waals surface area contributed by atoms with E-state index in [0.717, 1.165) is 42.9 Å². The number of benzene rings is 1. The molecular weight excluding hydrogens is 270 g/mol. The molecule has 2 atom stereocenters. The molecule has 116 valence electrons. The van der Waals surface area contributed by atoms with Gasteiger partial charge in [-0.2, -0.15) is 0 Å². The minimum Gasteiger partial charge on any atom is -0.481 e. The summed E-state index contributed by atoms with van der Waals surface area (Å²) in [4.78, 5) is 10.7. The first kappa shape index (κ1) is 15.6. The Morgan fingerprint density at radius 3 is 2.81 bits per heavy atom. The van der Waals surface area contributed by atoms with Crippen LogP contribution in [0.2, 0.25) is 0 Å². The van der Waals surface area contributed by atoms with Crippen LogP contribution in [-0.4, -0.2) is 23.9 Å². The zero-order chi connectivity index (χ0) is 15.2. The van der Waals surface area contributed by atoms with Crippen molar-refractivity contribution in [2.75, 3.05) is 6.79 Å². The van der Waals surface area contributed by atoms with Gasteiger partial charge in [-0.15, -0.1) is 0 Å². The molecule has 0 bridgehead atoms. The maximum absolute atomic E-state index is 10.7. The summed E-state index contributed by atoms with van der Waals surface area (Å²) in [6, 6.07) is 6.31. The molecule has 0 aliphatic carbocycles. The number of fused-ring (bicyclic) bond motifs is 1. The van der Waals surface area contributed by atoms with Gasteiger partial charge in [-0.05, 0) is 37.5 Å². The van der Waals surface area contributed by atoms with Gasteiger partial charge in [0.2, 0.25) is 6.79 Å². The Balaban J connectivity index is 1.69. The minimum atomic E-state index is -0.712. The molecule has 0 spiro atoms. The average Bonchev–Trinajstić information content (AvgIpc) is 2.92. The van der Waals surface area contributed by atoms with Crippen molar-refractivity contribution in [1.82, 2.24) is 5.32 Å². The van der Waals surface area contributed by atoms with E-state index in [1.807, 2.05) is 18.2 Å². The van der Waals surface area contributed by atoms with Gasteiger partial charge in [0, 0.05) is 12.6 Å². The summed E-state index contributed by atoms with van der Waals surface area (Å²) in [5.74, 6) is 0.633. The lowest BCUT2D eigenvalue weighted by atomic mass is 10.0. The Hall–Kier alpha value is -1.75. The lowest BCUT2D eigenvalue weighted by molar-refractivity contribution is -0.141. The van der Waals surface area contributed by atoms with Crippen molar-refractivity contribution in [3.05, 3.63) is 23.8 Å². The molecule has 1 aromatic carbocycles. The number of hydrogen-bond acceptors (Lipinski definition) is 4. The molecule has 5 nitrogen and oxygen atoms in total. The number of nitrogens with one attached hydrogen (secondary N) is 1. The minimum absolute atomic E-state index is 0.258. The van der Waals surface area contributed by atoms with Gasteiger partial charge in [0.05, 0.1) is 5.92 Å². The highest BCUT2D eigenvalue weighted by Gasteiger charge is 2.14. The van der Waals surface area contributed by atoms with Crippen LogP contribution in [0.5, 0.6) is 11.5 Å². The summed E-state index contributed by atoms with van der Waals surface area (Å²) in [5.41, 5.74) is 1.16. The number of aliphatic carboxylic acids is 1. The maximum Gasteiger partial charge on any atom is 0.306 e. The monoisotopic (exact) mass is 293 g/mol. The summed E-state index contributed by atoms with van der Waals surface area (Å²) in [6.07, 6.45) is 2.62. The van der Waals surface area contributed by atoms with Gasteiger partial charge in [-0.3, -0.25) is 4.79 Å². The number of carboxylic acid groups (broad SMARTS) is 1. The highest BCUT2D eigenvalue weighted by atomic mass is 16.7. The van der Waals surface area contributed by atoms with E-state index in [4.69, 9.17) is 14.6 Å². The number of carboxylic acids is 1. The third-order valence-electron chi connectivity index (χ3n) is 3.79. The maximum atomic E-state index is 10.7. The Labute approximate surface area is 125 Å². The topological polar surface area (TPSA) is 67.8 Å². The molecule has 21 heavy (non-hydrogen) atoms. The summed E-state index contributed by atoms with van der Waals surface area (Å²) in [5, 5.41) is 12.3. The highest BCUT2D eigenvalue weighted by Crippen LogP contribution is 2.32. The Morgan fingerprint density at radius 1 is 1.29 bits per heavy atom. The van der Waals surface area contributed by atoms with Gasteiger partial charge < -0.3 is 19.9 Å². The molecule has 0 fully saturated rings. The van der Waals surface area contributed by atoms with Crippen LogP contribution in [0.1, 0.15) is 38.7 Å². The van der Waals surface area contributed by atoms with Crippen molar-refractivity contribution < 1.29 is 19.4 Å². The fraction of sp³-hybridized carbons (Fsp3) is 0.562. The van der Waals surface area contributed by atoms with Gasteiger partial charge in [0.15, 0.2) is 11.5 Å². The molecule has 1 aliphatic rings. The van der Waals surface area contributed by atoms with Crippen LogP contribution >= 0.6 is 0 Å². The van der Waals surface area contributed by atoms with Crippen LogP contribution in [0.25, 0.3) is 0 Å². The lowest BCUT2D eigenvalue weighted by Gasteiger charge is -2.14. The van der Waals surface area contributed by atoms with E-state index < -0.39 is 5.97 Å². The van der Waals surface area contributed by atoms with Gasteiger partial charge in [0.1, 0.15) is 0 Å². The zero-order valence-corrected chi connectivity index (χ0v) is 12.6. The second-order valence-electron chi connectivity index (χ2n) is 5.64. The first-order valence-electron chi connectivity index (χ1n) is 7.41. The first-order chi connectivity index (χ1) is 10.1. The zero-order valence-electron chi connectivity index (χ0n) is 12.6. The molecule has 0 saturated carbocycles. The Morgan fingerprint density at radius 2 is 2.05 bits per heavy atom. The standard InChI is InChI=1S/C16H23NO4/c1-11(16(18)19)4-3-5-12(2)17-9-13-6-7-14-15(8-13)21-10-20-14/h6-8,11-12,17H,3-5,9-10H2,1-2H3,(H,18,19). The second kappa shape index (κ2) is 7.31. The number of carbonyl (C=O) groups is 1. The number of rotatable bonds is 8. The lowest BCUT2D eigenvalue weighted by Crippen LogP contribution is -2.25. The summed E-state index contributed by atoms with van der Waals surface area (Å²) < 4.78 is 10.6. The molecule has 1 aromatic rings. The van der Waals surface area contributed by atoms with Crippen molar-refractivity contribution in [2.45, 2.75) is 45.7 Å². The summed E-state index contributed by atoms with van der Waals surface area (Å²) in [6.45, 7) is 4.95. The predicted molar refractivity (Wildman–Crippen MR) is 79.5 cm³/mol. The van der Waals surface area contributed by atoms with E-state index >= 15 is 0 Å². The number of hydrogen-bond donors (Lipinski definition) is 2.